The first-order chi connectivity index (χ1) is 24.3. The zero-order valence-corrected chi connectivity index (χ0v) is 33.4. The Hall–Kier alpha value is -3.18. The highest BCUT2D eigenvalue weighted by atomic mass is 127. The summed E-state index contributed by atoms with van der Waals surface area (Å²) in [7, 11) is 8.08. The quantitative estimate of drug-likeness (QED) is 0.0801. The first-order valence-corrected chi connectivity index (χ1v) is 20.2. The molecule has 2 aliphatic rings. The minimum absolute atomic E-state index is 0.609. The van der Waals surface area contributed by atoms with Gasteiger partial charge in [-0.3, -0.25) is 18.0 Å². The number of anilines is 6. The van der Waals surface area contributed by atoms with Gasteiger partial charge in [-0.15, -0.1) is 11.3 Å². The summed E-state index contributed by atoms with van der Waals surface area (Å²) in [6.07, 6.45) is 8.85. The first kappa shape index (κ1) is 35.2. The Labute approximate surface area is 317 Å². The van der Waals surface area contributed by atoms with Gasteiger partial charge in [0.15, 0.2) is 5.82 Å². The van der Waals surface area contributed by atoms with Crippen molar-refractivity contribution in [3.63, 3.8) is 0 Å². The van der Waals surface area contributed by atoms with Gasteiger partial charge in [0, 0.05) is 89.8 Å². The number of nitrogens with zero attached hydrogens (tertiary/aromatic N) is 10. The second-order valence-electron chi connectivity index (χ2n) is 12.9. The average molecular weight is 825 g/mol. The fourth-order valence-electron chi connectivity index (χ4n) is 7.18. The third kappa shape index (κ3) is 6.76. The van der Waals surface area contributed by atoms with E-state index in [0.29, 0.717) is 12.0 Å². The van der Waals surface area contributed by atoms with E-state index in [0.717, 1.165) is 69.4 Å². The predicted octanol–water partition coefficient (Wildman–Crippen LogP) is 7.39. The molecule has 0 atom stereocenters. The van der Waals surface area contributed by atoms with Crippen molar-refractivity contribution in [2.24, 2.45) is 0 Å². The smallest absolute Gasteiger partial charge is 0.233 e. The summed E-state index contributed by atoms with van der Waals surface area (Å²) >= 11 is 5.61. The fraction of sp³-hybridized carbons (Fsp3) is 0.444. The lowest BCUT2D eigenvalue weighted by Crippen LogP contribution is -2.52. The third-order valence-electron chi connectivity index (χ3n) is 10.2. The Morgan fingerprint density at radius 3 is 2.46 bits per heavy atom. The summed E-state index contributed by atoms with van der Waals surface area (Å²) in [5.74, 6) is 2.24. The van der Waals surface area contributed by atoms with E-state index < -0.39 is 0 Å². The first-order valence-electron chi connectivity index (χ1n) is 17.2. The van der Waals surface area contributed by atoms with Crippen LogP contribution in [0.2, 0.25) is 0 Å². The maximum atomic E-state index is 6.09. The maximum absolute atomic E-state index is 6.09. The molecule has 14 heteroatoms. The predicted molar refractivity (Wildman–Crippen MR) is 220 cm³/mol. The Morgan fingerprint density at radius 2 is 1.74 bits per heavy atom. The molecule has 0 radical (unpaired) electrons. The van der Waals surface area contributed by atoms with Crippen LogP contribution >= 0.6 is 46.1 Å². The molecule has 0 unspecified atom stereocenters. The van der Waals surface area contributed by atoms with Gasteiger partial charge in [0.25, 0.3) is 0 Å². The van der Waals surface area contributed by atoms with Crippen LogP contribution in [0.3, 0.4) is 0 Å². The van der Waals surface area contributed by atoms with Crippen LogP contribution in [0.15, 0.2) is 48.1 Å². The lowest BCUT2D eigenvalue weighted by molar-refractivity contribution is 0.0982. The highest BCUT2D eigenvalue weighted by molar-refractivity contribution is 14.1. The summed E-state index contributed by atoms with van der Waals surface area (Å²) in [6, 6.07) is 11.4. The van der Waals surface area contributed by atoms with E-state index in [4.69, 9.17) is 19.7 Å². The van der Waals surface area contributed by atoms with Gasteiger partial charge in [0.1, 0.15) is 16.1 Å². The number of fused-ring (bicyclic) bond motifs is 2. The van der Waals surface area contributed by atoms with E-state index in [9.17, 15) is 0 Å². The van der Waals surface area contributed by atoms with Crippen LogP contribution in [0.4, 0.5) is 34.5 Å². The Bertz CT molecular complexity index is 1960. The molecule has 0 spiro atoms. The maximum Gasteiger partial charge on any atom is 0.233 e. The van der Waals surface area contributed by atoms with Gasteiger partial charge >= 0.3 is 0 Å². The molecule has 0 saturated carbocycles. The minimum Gasteiger partial charge on any atom is -0.494 e. The number of ether oxygens (including phenoxy) is 1. The van der Waals surface area contributed by atoms with Gasteiger partial charge in [-0.1, -0.05) is 18.9 Å². The third-order valence-corrected chi connectivity index (χ3v) is 12.7. The number of halogens is 1. The van der Waals surface area contributed by atoms with E-state index in [1.165, 1.54) is 50.3 Å². The van der Waals surface area contributed by atoms with Crippen molar-refractivity contribution in [3.05, 3.63) is 53.7 Å². The van der Waals surface area contributed by atoms with E-state index in [1.807, 2.05) is 13.1 Å². The van der Waals surface area contributed by atoms with Crippen LogP contribution in [0.25, 0.3) is 21.3 Å². The van der Waals surface area contributed by atoms with Crippen LogP contribution in [0.5, 0.6) is 5.75 Å². The molecule has 0 aliphatic carbocycles. The number of hydrogen-bond acceptors (Lipinski definition) is 13. The van der Waals surface area contributed by atoms with Crippen LogP contribution in [0, 0.1) is 0 Å². The van der Waals surface area contributed by atoms with Crippen LogP contribution in [-0.2, 0) is 6.42 Å². The number of piperidine rings is 1. The molecule has 5 aromatic rings. The Kier molecular flexibility index (Phi) is 10.7. The lowest BCUT2D eigenvalue weighted by atomic mass is 9.99. The molecule has 0 amide bonds. The van der Waals surface area contributed by atoms with Crippen LogP contribution in [0.1, 0.15) is 25.3 Å². The van der Waals surface area contributed by atoms with Crippen molar-refractivity contribution in [2.75, 3.05) is 91.0 Å². The highest BCUT2D eigenvalue weighted by Crippen LogP contribution is 2.45. The molecule has 50 heavy (non-hydrogen) atoms. The molecule has 5 heterocycles. The van der Waals surface area contributed by atoms with Gasteiger partial charge in [0.05, 0.1) is 57.9 Å². The Balaban J connectivity index is 1.21. The van der Waals surface area contributed by atoms with Gasteiger partial charge in [-0.05, 0) is 61.5 Å². The molecule has 2 aliphatic heterocycles. The summed E-state index contributed by atoms with van der Waals surface area (Å²) in [5.41, 5.74) is 7.18. The molecular formula is C36H45IN10OS2. The molecule has 2 fully saturated rings. The zero-order valence-electron chi connectivity index (χ0n) is 29.6. The van der Waals surface area contributed by atoms with Gasteiger partial charge in [-0.2, -0.15) is 4.98 Å². The lowest BCUT2D eigenvalue weighted by Gasteiger charge is -2.43. The second kappa shape index (κ2) is 15.2. The molecule has 264 valence electrons. The standard InChI is InChI=1S/C36H45IN10OS2/c1-7-24-22-30(31(48-5)23-29(24)46-15-10-25(11-16-46)45-19-17-42(2)18-20-45)43(3)36-40-34(26-12-21-50-35(26)41-36)47(37)28-9-8-27-32(39-14-13-38-27)33(28)44(4)49-6/h8-9,12-14,21-23,25H,7,10-11,15-20H2,1-6H3. The molecule has 7 rings (SSSR count). The highest BCUT2D eigenvalue weighted by Gasteiger charge is 2.29. The monoisotopic (exact) mass is 824 g/mol. The number of aryl methyl sites for hydroxylation is 1. The largest absolute Gasteiger partial charge is 0.494 e. The zero-order chi connectivity index (χ0) is 34.9. The van der Waals surface area contributed by atoms with Crippen molar-refractivity contribution in [1.82, 2.24) is 29.7 Å². The average Bonchev–Trinajstić information content (AvgIpc) is 3.65. The number of rotatable bonds is 10. The van der Waals surface area contributed by atoms with Crippen molar-refractivity contribution >= 4 is 102 Å². The number of benzene rings is 2. The van der Waals surface area contributed by atoms with Gasteiger partial charge < -0.3 is 23.7 Å². The fourth-order valence-corrected chi connectivity index (χ4v) is 9.06. The van der Waals surface area contributed by atoms with Crippen molar-refractivity contribution in [1.29, 1.82) is 0 Å². The number of thiophene rings is 1. The van der Waals surface area contributed by atoms with E-state index >= 15 is 0 Å². The molecule has 0 N–H and O–H groups in total. The summed E-state index contributed by atoms with van der Waals surface area (Å²) in [4.78, 5) is 30.3. The normalized spacial score (nSPS) is 16.3. The molecule has 2 saturated heterocycles. The number of methoxy groups -OCH3 is 1. The Morgan fingerprint density at radius 1 is 0.980 bits per heavy atom. The minimum atomic E-state index is 0.609. The van der Waals surface area contributed by atoms with E-state index in [2.05, 4.69) is 112 Å². The second-order valence-corrected chi connectivity index (χ2v) is 15.7. The van der Waals surface area contributed by atoms with Crippen molar-refractivity contribution in [2.45, 2.75) is 32.2 Å². The molecule has 0 bridgehead atoms. The molecule has 3 aromatic heterocycles. The molecule has 11 nitrogen and oxygen atoms in total. The van der Waals surface area contributed by atoms with Gasteiger partial charge in [0.2, 0.25) is 5.95 Å². The summed E-state index contributed by atoms with van der Waals surface area (Å²) < 4.78 is 10.3. The van der Waals surface area contributed by atoms with Crippen molar-refractivity contribution in [3.8, 4) is 5.75 Å². The van der Waals surface area contributed by atoms with Crippen LogP contribution < -0.4 is 22.0 Å². The number of piperazine rings is 1. The molecule has 2 aromatic carbocycles. The topological polar surface area (TPSA) is 80.2 Å². The number of hydrogen-bond donors (Lipinski definition) is 0. The van der Waals surface area contributed by atoms with Crippen LogP contribution in [-0.4, -0.2) is 110 Å². The van der Waals surface area contributed by atoms with Gasteiger partial charge in [-0.25, -0.2) is 4.98 Å². The van der Waals surface area contributed by atoms with Crippen molar-refractivity contribution < 1.29 is 4.74 Å². The van der Waals surface area contributed by atoms with E-state index in [1.54, 1.807) is 42.8 Å². The summed E-state index contributed by atoms with van der Waals surface area (Å²) in [6.45, 7) is 9.05. The SMILES string of the molecule is CCc1cc(N(C)c2nc(N(I)c3ccc4nccnc4c3N(C)SC)c3ccsc3n2)c(OC)cc1N1CCC(N2CCN(C)CC2)CC1. The summed E-state index contributed by atoms with van der Waals surface area (Å²) in [5, 5.41) is 3.07. The van der Waals surface area contributed by atoms with E-state index in [-0.39, 0.29) is 0 Å². The molecular weight excluding hydrogens is 780 g/mol. The number of likely N-dealkylation sites (N-methyl/N-ethyl adjacent to an activating group) is 1. The number of aromatic nitrogens is 4.